The first kappa shape index (κ1) is 14.8. The Hall–Kier alpha value is -0.181. The first-order valence-electron chi connectivity index (χ1n) is 4.32. The van der Waals surface area contributed by atoms with Crippen LogP contribution in [0.2, 0.25) is 0 Å². The minimum absolute atomic E-state index is 0. The fourth-order valence-electron chi connectivity index (χ4n) is 1.21. The molecule has 15 heavy (non-hydrogen) atoms. The molecule has 0 saturated heterocycles. The summed E-state index contributed by atoms with van der Waals surface area (Å²) in [6.45, 7) is 0. The zero-order valence-electron chi connectivity index (χ0n) is 8.03. The van der Waals surface area contributed by atoms with Gasteiger partial charge in [0.05, 0.1) is 0 Å². The molecular weight excluding hydrogens is 334 g/mol. The first-order chi connectivity index (χ1) is 6.45. The molecule has 0 fully saturated rings. The van der Waals surface area contributed by atoms with E-state index in [4.69, 9.17) is 0 Å². The Morgan fingerprint density at radius 1 is 0.533 bits per heavy atom. The summed E-state index contributed by atoms with van der Waals surface area (Å²) in [5, 5.41) is 0. The molecule has 0 spiro atoms. The second-order valence-corrected chi connectivity index (χ2v) is 6.87. The average Bonchev–Trinajstić information content (AvgIpc) is 2.21. The molecule has 0 nitrogen and oxygen atoms in total. The minimum atomic E-state index is -0.517. The zero-order valence-corrected chi connectivity index (χ0v) is 12.4. The van der Waals surface area contributed by atoms with E-state index in [9.17, 15) is 0 Å². The van der Waals surface area contributed by atoms with E-state index in [0.717, 1.165) is 0 Å². The van der Waals surface area contributed by atoms with Crippen LogP contribution in [0.3, 0.4) is 0 Å². The summed E-state index contributed by atoms with van der Waals surface area (Å²) in [6, 6.07) is 21.6. The van der Waals surface area contributed by atoms with Crippen molar-refractivity contribution >= 4 is 28.3 Å². The van der Waals surface area contributed by atoms with Gasteiger partial charge in [0.25, 0.3) is 0 Å². The Morgan fingerprint density at radius 2 is 0.867 bits per heavy atom. The van der Waals surface area contributed by atoms with Crippen LogP contribution in [0.4, 0.5) is 0 Å². The van der Waals surface area contributed by atoms with Crippen molar-refractivity contribution in [2.75, 3.05) is 0 Å². The Kier molecular flexibility index (Phi) is 7.93. The van der Waals surface area contributed by atoms with Gasteiger partial charge in [0, 0.05) is 0 Å². The fourth-order valence-corrected chi connectivity index (χ4v) is 4.21. The first-order valence-corrected chi connectivity index (χ1v) is 7.18. The third-order valence-corrected chi connectivity index (χ3v) is 5.39. The molecule has 0 aliphatic rings. The van der Waals surface area contributed by atoms with Crippen LogP contribution in [-0.4, -0.2) is 21.1 Å². The quantitative estimate of drug-likeness (QED) is 0.481. The average molecular weight is 344 g/mol. The van der Waals surface area contributed by atoms with Gasteiger partial charge in [0.1, 0.15) is 0 Å². The Labute approximate surface area is 113 Å². The summed E-state index contributed by atoms with van der Waals surface area (Å²) < 4.78 is 3.08. The molecule has 0 unspecified atom stereocenters. The van der Waals surface area contributed by atoms with Crippen LogP contribution < -0.4 is 32.0 Å². The molecule has 0 amide bonds. The van der Waals surface area contributed by atoms with Gasteiger partial charge in [0.15, 0.2) is 0 Å². The predicted molar refractivity (Wildman–Crippen MR) is 57.9 cm³/mol. The maximum atomic E-state index is 2.24. The Bertz CT molecular complexity index is 324. The van der Waals surface area contributed by atoms with Gasteiger partial charge in [-0.2, -0.15) is 0 Å². The maximum absolute atomic E-state index is 2.24. The molecular formula is C12H10Cl2Sn-2. The van der Waals surface area contributed by atoms with Gasteiger partial charge < -0.3 is 24.8 Å². The second kappa shape index (κ2) is 8.03. The van der Waals surface area contributed by atoms with Gasteiger partial charge >= 0.3 is 89.0 Å². The predicted octanol–water partition coefficient (Wildman–Crippen LogP) is -4.65. The molecule has 0 aromatic heterocycles. The molecule has 2 radical (unpaired) electrons. The van der Waals surface area contributed by atoms with Crippen molar-refractivity contribution in [3.05, 3.63) is 60.7 Å². The molecule has 0 N–H and O–H groups in total. The van der Waals surface area contributed by atoms with Gasteiger partial charge in [-0.15, -0.1) is 0 Å². The van der Waals surface area contributed by atoms with Gasteiger partial charge in [-0.05, 0) is 0 Å². The van der Waals surface area contributed by atoms with Gasteiger partial charge in [-0.1, -0.05) is 0 Å². The zero-order chi connectivity index (χ0) is 8.93. The van der Waals surface area contributed by atoms with Gasteiger partial charge in [-0.25, -0.2) is 0 Å². The summed E-state index contributed by atoms with van der Waals surface area (Å²) in [5.41, 5.74) is 0. The summed E-state index contributed by atoms with van der Waals surface area (Å²) in [5.74, 6) is 0. The molecule has 0 aliphatic heterocycles. The molecule has 78 valence electrons. The van der Waals surface area contributed by atoms with Gasteiger partial charge in [-0.3, -0.25) is 0 Å². The summed E-state index contributed by atoms with van der Waals surface area (Å²) in [7, 11) is 0. The number of halogens is 2. The van der Waals surface area contributed by atoms with E-state index >= 15 is 0 Å². The second-order valence-electron chi connectivity index (χ2n) is 2.86. The molecule has 0 bridgehead atoms. The van der Waals surface area contributed by atoms with E-state index in [-0.39, 0.29) is 24.8 Å². The van der Waals surface area contributed by atoms with Crippen LogP contribution in [0, 0.1) is 0 Å². The van der Waals surface area contributed by atoms with E-state index in [0.29, 0.717) is 0 Å². The van der Waals surface area contributed by atoms with Crippen molar-refractivity contribution < 1.29 is 24.8 Å². The molecule has 0 aliphatic carbocycles. The topological polar surface area (TPSA) is 0 Å². The van der Waals surface area contributed by atoms with E-state index in [1.165, 1.54) is 7.16 Å². The molecule has 0 saturated carbocycles. The number of hydrogen-bond acceptors (Lipinski definition) is 0. The fraction of sp³-hybridized carbons (Fsp3) is 0. The molecule has 3 heteroatoms. The monoisotopic (exact) mass is 344 g/mol. The van der Waals surface area contributed by atoms with Crippen molar-refractivity contribution in [2.24, 2.45) is 0 Å². The van der Waals surface area contributed by atoms with Crippen molar-refractivity contribution in [3.63, 3.8) is 0 Å². The van der Waals surface area contributed by atoms with Crippen LogP contribution in [0.1, 0.15) is 0 Å². The third-order valence-electron chi connectivity index (χ3n) is 1.84. The third kappa shape index (κ3) is 4.91. The summed E-state index contributed by atoms with van der Waals surface area (Å²) in [6.07, 6.45) is 0. The molecule has 2 aromatic rings. The SMILES string of the molecule is [Cl-].[Cl-].c1cc[c]([Sn][c]2ccccc2)cc1. The van der Waals surface area contributed by atoms with E-state index in [1.807, 2.05) is 0 Å². The summed E-state index contributed by atoms with van der Waals surface area (Å²) in [4.78, 5) is 0. The van der Waals surface area contributed by atoms with Crippen LogP contribution in [-0.2, 0) is 0 Å². The molecule has 0 heterocycles. The van der Waals surface area contributed by atoms with Crippen molar-refractivity contribution in [1.82, 2.24) is 0 Å². The normalized spacial score (nSPS) is 8.53. The Morgan fingerprint density at radius 3 is 1.20 bits per heavy atom. The van der Waals surface area contributed by atoms with E-state index in [1.54, 1.807) is 0 Å². The van der Waals surface area contributed by atoms with E-state index in [2.05, 4.69) is 60.7 Å². The molecule has 2 rings (SSSR count). The van der Waals surface area contributed by atoms with Crippen molar-refractivity contribution in [3.8, 4) is 0 Å². The van der Waals surface area contributed by atoms with Gasteiger partial charge in [0.2, 0.25) is 0 Å². The molecule has 0 atom stereocenters. The number of hydrogen-bond donors (Lipinski definition) is 0. The number of rotatable bonds is 2. The van der Waals surface area contributed by atoms with Crippen LogP contribution in [0.25, 0.3) is 0 Å². The Balaban J connectivity index is 0.000000980. The van der Waals surface area contributed by atoms with Crippen LogP contribution in [0.5, 0.6) is 0 Å². The number of benzene rings is 2. The summed E-state index contributed by atoms with van der Waals surface area (Å²) >= 11 is -0.517. The standard InChI is InChI=1S/2C6H5.2ClH.Sn/c2*1-2-4-6-5-3-1;;;/h2*1-5H;2*1H;/p-2. The van der Waals surface area contributed by atoms with E-state index < -0.39 is 21.1 Å². The molecule has 2 aromatic carbocycles. The van der Waals surface area contributed by atoms with Crippen LogP contribution >= 0.6 is 0 Å². The van der Waals surface area contributed by atoms with Crippen LogP contribution in [0.15, 0.2) is 60.7 Å². The van der Waals surface area contributed by atoms with Crippen molar-refractivity contribution in [1.29, 1.82) is 0 Å². The van der Waals surface area contributed by atoms with Crippen molar-refractivity contribution in [2.45, 2.75) is 0 Å².